The quantitative estimate of drug-likeness (QED) is 0.537. The summed E-state index contributed by atoms with van der Waals surface area (Å²) in [7, 11) is 0. The first-order chi connectivity index (χ1) is 6.62. The van der Waals surface area contributed by atoms with Gasteiger partial charge in [0.2, 0.25) is 0 Å². The molecule has 2 fully saturated rings. The lowest BCUT2D eigenvalue weighted by atomic mass is 9.65. The maximum absolute atomic E-state index is 12.0. The number of carbonyl (C=O) groups excluding carboxylic acids is 1. The molecule has 2 bridgehead atoms. The van der Waals surface area contributed by atoms with Crippen molar-refractivity contribution in [2.45, 2.75) is 33.1 Å². The third-order valence-corrected chi connectivity index (χ3v) is 4.96. The van der Waals surface area contributed by atoms with Crippen LogP contribution in [0.25, 0.3) is 0 Å². The smallest absolute Gasteiger partial charge is 0.136 e. The van der Waals surface area contributed by atoms with Gasteiger partial charge in [-0.05, 0) is 36.0 Å². The second-order valence-corrected chi connectivity index (χ2v) is 5.82. The second kappa shape index (κ2) is 2.50. The Hall–Kier alpha value is -0.590. The molecule has 14 heavy (non-hydrogen) atoms. The molecule has 0 aromatic carbocycles. The minimum Gasteiger partial charge on any atom is -0.299 e. The summed E-state index contributed by atoms with van der Waals surface area (Å²) in [5.74, 6) is 3.06. The van der Waals surface area contributed by atoms with Crippen molar-refractivity contribution in [1.82, 2.24) is 0 Å². The van der Waals surface area contributed by atoms with E-state index >= 15 is 0 Å². The molecule has 3 rings (SSSR count). The van der Waals surface area contributed by atoms with Crippen molar-refractivity contribution in [3.63, 3.8) is 0 Å². The summed E-state index contributed by atoms with van der Waals surface area (Å²) in [6.45, 7) is 4.62. The number of ketones is 1. The van der Waals surface area contributed by atoms with Gasteiger partial charge in [-0.25, -0.2) is 0 Å². The normalized spacial score (nSPS) is 48.3. The van der Waals surface area contributed by atoms with Crippen molar-refractivity contribution in [3.05, 3.63) is 12.2 Å². The van der Waals surface area contributed by atoms with Gasteiger partial charge in [0.15, 0.2) is 0 Å². The molecule has 0 N–H and O–H groups in total. The molecule has 0 radical (unpaired) electrons. The highest BCUT2D eigenvalue weighted by atomic mass is 16.1. The number of fused-ring (bicyclic) bond motifs is 5. The third kappa shape index (κ3) is 0.838. The van der Waals surface area contributed by atoms with Crippen molar-refractivity contribution in [2.75, 3.05) is 0 Å². The standard InChI is InChI=1S/C13H18O/c1-13(2)10-6-7-11(14)12(13)9-5-3-4-8(9)10/h3-4,8-10,12H,5-7H2,1-2H3/t8-,9+,10+,12+/m0/s1. The van der Waals surface area contributed by atoms with Gasteiger partial charge in [-0.3, -0.25) is 4.79 Å². The zero-order chi connectivity index (χ0) is 9.92. The van der Waals surface area contributed by atoms with Gasteiger partial charge in [0, 0.05) is 12.3 Å². The van der Waals surface area contributed by atoms with Crippen molar-refractivity contribution in [3.8, 4) is 0 Å². The van der Waals surface area contributed by atoms with Crippen LogP contribution in [0.5, 0.6) is 0 Å². The summed E-state index contributed by atoms with van der Waals surface area (Å²) >= 11 is 0. The number of allylic oxidation sites excluding steroid dienone is 2. The molecular formula is C13H18O. The van der Waals surface area contributed by atoms with Gasteiger partial charge in [0.1, 0.15) is 5.78 Å². The van der Waals surface area contributed by atoms with Crippen LogP contribution in [0.3, 0.4) is 0 Å². The lowest BCUT2D eigenvalue weighted by Crippen LogP contribution is -2.37. The van der Waals surface area contributed by atoms with Crippen LogP contribution in [-0.4, -0.2) is 5.78 Å². The van der Waals surface area contributed by atoms with Crippen LogP contribution in [0.1, 0.15) is 33.1 Å². The lowest BCUT2D eigenvalue weighted by Gasteiger charge is -2.38. The molecule has 0 aromatic rings. The predicted octanol–water partition coefficient (Wildman–Crippen LogP) is 2.81. The Morgan fingerprint density at radius 1 is 1.43 bits per heavy atom. The molecule has 0 heterocycles. The molecular weight excluding hydrogens is 172 g/mol. The Morgan fingerprint density at radius 3 is 3.00 bits per heavy atom. The molecule has 2 saturated carbocycles. The molecule has 3 aliphatic rings. The number of hydrogen-bond donors (Lipinski definition) is 0. The first kappa shape index (κ1) is 8.70. The molecule has 0 spiro atoms. The average Bonchev–Trinajstić information content (AvgIpc) is 2.55. The Labute approximate surface area is 85.6 Å². The zero-order valence-electron chi connectivity index (χ0n) is 8.99. The van der Waals surface area contributed by atoms with E-state index in [1.165, 1.54) is 0 Å². The first-order valence-electron chi connectivity index (χ1n) is 5.82. The molecule has 0 unspecified atom stereocenters. The van der Waals surface area contributed by atoms with Gasteiger partial charge >= 0.3 is 0 Å². The summed E-state index contributed by atoms with van der Waals surface area (Å²) in [6.07, 6.45) is 7.81. The van der Waals surface area contributed by atoms with Gasteiger partial charge in [0.25, 0.3) is 0 Å². The topological polar surface area (TPSA) is 17.1 Å². The van der Waals surface area contributed by atoms with Crippen LogP contribution in [0.2, 0.25) is 0 Å². The highest BCUT2D eigenvalue weighted by molar-refractivity contribution is 5.84. The van der Waals surface area contributed by atoms with Crippen LogP contribution in [-0.2, 0) is 4.79 Å². The first-order valence-corrected chi connectivity index (χ1v) is 5.82. The second-order valence-electron chi connectivity index (χ2n) is 5.82. The van der Waals surface area contributed by atoms with Crippen molar-refractivity contribution in [2.24, 2.45) is 29.1 Å². The Bertz CT molecular complexity index is 313. The van der Waals surface area contributed by atoms with Crippen LogP contribution >= 0.6 is 0 Å². The number of hydrogen-bond acceptors (Lipinski definition) is 1. The SMILES string of the molecule is CC1(C)[C@@H]2CCC(=O)[C@H]1[C@@H]1CC=C[C@@H]12. The molecule has 0 amide bonds. The summed E-state index contributed by atoms with van der Waals surface area (Å²) in [5, 5.41) is 0. The molecule has 0 aliphatic heterocycles. The van der Waals surface area contributed by atoms with E-state index in [9.17, 15) is 4.79 Å². The van der Waals surface area contributed by atoms with Gasteiger partial charge in [-0.15, -0.1) is 0 Å². The van der Waals surface area contributed by atoms with E-state index in [0.29, 0.717) is 17.6 Å². The fraction of sp³-hybridized carbons (Fsp3) is 0.769. The predicted molar refractivity (Wildman–Crippen MR) is 55.7 cm³/mol. The fourth-order valence-corrected chi connectivity index (χ4v) is 4.43. The molecule has 1 nitrogen and oxygen atoms in total. The summed E-state index contributed by atoms with van der Waals surface area (Å²) in [4.78, 5) is 12.0. The van der Waals surface area contributed by atoms with E-state index in [1.54, 1.807) is 0 Å². The molecule has 0 saturated heterocycles. The van der Waals surface area contributed by atoms with Gasteiger partial charge in [-0.2, -0.15) is 0 Å². The summed E-state index contributed by atoms with van der Waals surface area (Å²) in [6, 6.07) is 0. The van der Waals surface area contributed by atoms with Crippen molar-refractivity contribution in [1.29, 1.82) is 0 Å². The van der Waals surface area contributed by atoms with E-state index in [2.05, 4.69) is 26.0 Å². The van der Waals surface area contributed by atoms with Gasteiger partial charge in [-0.1, -0.05) is 26.0 Å². The maximum atomic E-state index is 12.0. The largest absolute Gasteiger partial charge is 0.299 e. The molecule has 76 valence electrons. The number of Topliss-reactive ketones (excluding diaryl/α,β-unsaturated/α-hetero) is 1. The van der Waals surface area contributed by atoms with Crippen molar-refractivity contribution >= 4 is 5.78 Å². The van der Waals surface area contributed by atoms with E-state index in [-0.39, 0.29) is 5.41 Å². The average molecular weight is 190 g/mol. The molecule has 4 atom stereocenters. The summed E-state index contributed by atoms with van der Waals surface area (Å²) < 4.78 is 0. The highest BCUT2D eigenvalue weighted by Gasteiger charge is 2.59. The lowest BCUT2D eigenvalue weighted by molar-refractivity contribution is -0.130. The fourth-order valence-electron chi connectivity index (χ4n) is 4.43. The van der Waals surface area contributed by atoms with Crippen LogP contribution in [0, 0.1) is 29.1 Å². The molecule has 0 aromatic heterocycles. The summed E-state index contributed by atoms with van der Waals surface area (Å²) in [5.41, 5.74) is 0.273. The highest BCUT2D eigenvalue weighted by Crippen LogP contribution is 2.62. The number of rotatable bonds is 0. The van der Waals surface area contributed by atoms with Gasteiger partial charge < -0.3 is 0 Å². The van der Waals surface area contributed by atoms with Crippen LogP contribution in [0.15, 0.2) is 12.2 Å². The van der Waals surface area contributed by atoms with E-state index < -0.39 is 0 Å². The number of carbonyl (C=O) groups is 1. The zero-order valence-corrected chi connectivity index (χ0v) is 8.99. The van der Waals surface area contributed by atoms with E-state index in [4.69, 9.17) is 0 Å². The van der Waals surface area contributed by atoms with E-state index in [0.717, 1.165) is 31.1 Å². The molecule has 1 heteroatoms. The Balaban J connectivity index is 2.07. The minimum atomic E-state index is 0.273. The monoisotopic (exact) mass is 190 g/mol. The third-order valence-electron chi connectivity index (χ3n) is 4.96. The minimum absolute atomic E-state index is 0.273. The Morgan fingerprint density at radius 2 is 2.21 bits per heavy atom. The van der Waals surface area contributed by atoms with E-state index in [1.807, 2.05) is 0 Å². The molecule has 3 aliphatic carbocycles. The van der Waals surface area contributed by atoms with Gasteiger partial charge in [0.05, 0.1) is 0 Å². The van der Waals surface area contributed by atoms with Crippen molar-refractivity contribution < 1.29 is 4.79 Å². The van der Waals surface area contributed by atoms with Crippen LogP contribution < -0.4 is 0 Å². The Kier molecular flexibility index (Phi) is 1.55. The maximum Gasteiger partial charge on any atom is 0.136 e. The van der Waals surface area contributed by atoms with Crippen LogP contribution in [0.4, 0.5) is 0 Å².